The summed E-state index contributed by atoms with van der Waals surface area (Å²) in [5.74, 6) is 0.506. The van der Waals surface area contributed by atoms with Gasteiger partial charge in [-0.2, -0.15) is 0 Å². The van der Waals surface area contributed by atoms with Crippen molar-refractivity contribution in [3.05, 3.63) is 0 Å². The zero-order valence-electron chi connectivity index (χ0n) is 10.5. The Labute approximate surface area is 96.7 Å². The van der Waals surface area contributed by atoms with Gasteiger partial charge in [0.25, 0.3) is 0 Å². The van der Waals surface area contributed by atoms with Crippen molar-refractivity contribution >= 4 is 11.9 Å². The average molecular weight is 227 g/mol. The Morgan fingerprint density at radius 3 is 2.38 bits per heavy atom. The maximum Gasteiger partial charge on any atom is 0.407 e. The van der Waals surface area contributed by atoms with Gasteiger partial charge in [-0.3, -0.25) is 4.79 Å². The molecule has 1 aliphatic carbocycles. The summed E-state index contributed by atoms with van der Waals surface area (Å²) >= 11 is 0. The Hall–Kier alpha value is -1.06. The van der Waals surface area contributed by atoms with Gasteiger partial charge in [-0.15, -0.1) is 0 Å². The normalized spacial score (nSPS) is 17.8. The van der Waals surface area contributed by atoms with Crippen LogP contribution in [0.4, 0.5) is 4.79 Å². The number of ether oxygens (including phenoxy) is 1. The zero-order chi connectivity index (χ0) is 12.3. The van der Waals surface area contributed by atoms with E-state index in [0.717, 1.165) is 12.8 Å². The molecule has 1 rings (SSSR count). The highest BCUT2D eigenvalue weighted by atomic mass is 16.6. The third-order valence-corrected chi connectivity index (χ3v) is 2.30. The number of carbonyl (C=O) groups is 2. The number of nitrogens with one attached hydrogen (secondary N) is 1. The molecule has 0 aromatic rings. The monoisotopic (exact) mass is 227 g/mol. The summed E-state index contributed by atoms with van der Waals surface area (Å²) in [5.41, 5.74) is -0.496. The molecule has 92 valence electrons. The highest BCUT2D eigenvalue weighted by Crippen LogP contribution is 2.31. The number of hydrogen-bond acceptors (Lipinski definition) is 3. The van der Waals surface area contributed by atoms with Crippen LogP contribution in [0.3, 0.4) is 0 Å². The highest BCUT2D eigenvalue weighted by molar-refractivity contribution is 5.84. The fourth-order valence-corrected chi connectivity index (χ4v) is 1.43. The third-order valence-electron chi connectivity index (χ3n) is 2.30. The molecule has 0 spiro atoms. The van der Waals surface area contributed by atoms with Gasteiger partial charge in [-0.05, 0) is 40.5 Å². The number of amides is 1. The lowest BCUT2D eigenvalue weighted by atomic mass is 10.1. The van der Waals surface area contributed by atoms with Gasteiger partial charge in [0.15, 0.2) is 0 Å². The van der Waals surface area contributed by atoms with E-state index < -0.39 is 11.7 Å². The van der Waals surface area contributed by atoms with Crippen LogP contribution < -0.4 is 5.32 Å². The molecule has 4 heteroatoms. The molecule has 1 atom stereocenters. The largest absolute Gasteiger partial charge is 0.444 e. The van der Waals surface area contributed by atoms with Crippen LogP contribution in [0.25, 0.3) is 0 Å². The quantitative estimate of drug-likeness (QED) is 0.801. The molecule has 0 radical (unpaired) electrons. The van der Waals surface area contributed by atoms with Gasteiger partial charge in [-0.25, -0.2) is 4.79 Å². The van der Waals surface area contributed by atoms with E-state index >= 15 is 0 Å². The van der Waals surface area contributed by atoms with E-state index in [1.165, 1.54) is 0 Å². The van der Waals surface area contributed by atoms with Crippen molar-refractivity contribution < 1.29 is 14.3 Å². The van der Waals surface area contributed by atoms with Crippen LogP contribution in [0.2, 0.25) is 0 Å². The van der Waals surface area contributed by atoms with E-state index in [4.69, 9.17) is 4.74 Å². The van der Waals surface area contributed by atoms with E-state index in [9.17, 15) is 9.59 Å². The molecule has 0 aliphatic heterocycles. The molecule has 0 bridgehead atoms. The van der Waals surface area contributed by atoms with E-state index in [1.807, 2.05) is 27.7 Å². The average Bonchev–Trinajstić information content (AvgIpc) is 2.79. The Morgan fingerprint density at radius 1 is 1.38 bits per heavy atom. The molecular weight excluding hydrogens is 206 g/mol. The van der Waals surface area contributed by atoms with Crippen molar-refractivity contribution in [3.8, 4) is 0 Å². The molecule has 1 fully saturated rings. The number of carbonyl (C=O) groups excluding carboxylic acids is 2. The molecule has 1 unspecified atom stereocenters. The summed E-state index contributed by atoms with van der Waals surface area (Å²) in [5, 5.41) is 2.67. The first-order chi connectivity index (χ1) is 7.28. The van der Waals surface area contributed by atoms with Crippen molar-refractivity contribution in [2.24, 2.45) is 5.92 Å². The minimum atomic E-state index is -0.496. The molecule has 16 heavy (non-hydrogen) atoms. The summed E-state index contributed by atoms with van der Waals surface area (Å²) in [6, 6.07) is -0.150. The summed E-state index contributed by atoms with van der Waals surface area (Å²) in [4.78, 5) is 22.9. The molecule has 1 aliphatic rings. The molecule has 0 saturated heterocycles. The second kappa shape index (κ2) is 4.85. The predicted octanol–water partition coefficient (Wildman–Crippen LogP) is 2.27. The standard InChI is InChI=1S/C12H21NO3/c1-8(7-10(14)9-5-6-9)13-11(15)16-12(2,3)4/h8-9H,5-7H2,1-4H3,(H,13,15). The second-order valence-corrected chi connectivity index (χ2v) is 5.49. The van der Waals surface area contributed by atoms with E-state index in [2.05, 4.69) is 5.32 Å². The van der Waals surface area contributed by atoms with Crippen LogP contribution in [0.1, 0.15) is 47.0 Å². The van der Waals surface area contributed by atoms with Crippen LogP contribution in [0.5, 0.6) is 0 Å². The Bertz CT molecular complexity index is 276. The van der Waals surface area contributed by atoms with Gasteiger partial charge in [0, 0.05) is 18.4 Å². The van der Waals surface area contributed by atoms with Crippen LogP contribution in [0, 0.1) is 5.92 Å². The maximum atomic E-state index is 11.5. The van der Waals surface area contributed by atoms with Gasteiger partial charge in [0.2, 0.25) is 0 Å². The van der Waals surface area contributed by atoms with Gasteiger partial charge in [0.1, 0.15) is 11.4 Å². The molecular formula is C12H21NO3. The highest BCUT2D eigenvalue weighted by Gasteiger charge is 2.30. The summed E-state index contributed by atoms with van der Waals surface area (Å²) in [7, 11) is 0. The lowest BCUT2D eigenvalue weighted by Crippen LogP contribution is -2.38. The minimum Gasteiger partial charge on any atom is -0.444 e. The van der Waals surface area contributed by atoms with Crippen LogP contribution >= 0.6 is 0 Å². The fraction of sp³-hybridized carbons (Fsp3) is 0.833. The number of ketones is 1. The van der Waals surface area contributed by atoms with Crippen LogP contribution in [0.15, 0.2) is 0 Å². The molecule has 1 N–H and O–H groups in total. The number of alkyl carbamates (subject to hydrolysis) is 1. The number of rotatable bonds is 4. The van der Waals surface area contributed by atoms with Crippen molar-refractivity contribution in [3.63, 3.8) is 0 Å². The van der Waals surface area contributed by atoms with Gasteiger partial charge in [-0.1, -0.05) is 0 Å². The maximum absolute atomic E-state index is 11.5. The lowest BCUT2D eigenvalue weighted by Gasteiger charge is -2.21. The molecule has 1 amide bonds. The van der Waals surface area contributed by atoms with Gasteiger partial charge >= 0.3 is 6.09 Å². The SMILES string of the molecule is CC(CC(=O)C1CC1)NC(=O)OC(C)(C)C. The topological polar surface area (TPSA) is 55.4 Å². The molecule has 0 heterocycles. The first kappa shape index (κ1) is 13.0. The Balaban J connectivity index is 2.24. The molecule has 1 saturated carbocycles. The Morgan fingerprint density at radius 2 is 1.94 bits per heavy atom. The van der Waals surface area contributed by atoms with E-state index in [1.54, 1.807) is 0 Å². The lowest BCUT2D eigenvalue weighted by molar-refractivity contribution is -0.120. The van der Waals surface area contributed by atoms with E-state index in [-0.39, 0.29) is 17.7 Å². The fourth-order valence-electron chi connectivity index (χ4n) is 1.43. The van der Waals surface area contributed by atoms with E-state index in [0.29, 0.717) is 6.42 Å². The smallest absolute Gasteiger partial charge is 0.407 e. The summed E-state index contributed by atoms with van der Waals surface area (Å²) < 4.78 is 5.10. The molecule has 0 aromatic heterocycles. The van der Waals surface area contributed by atoms with Gasteiger partial charge in [0.05, 0.1) is 0 Å². The van der Waals surface area contributed by atoms with Crippen molar-refractivity contribution in [1.82, 2.24) is 5.32 Å². The minimum absolute atomic E-state index is 0.150. The predicted molar refractivity (Wildman–Crippen MR) is 61.2 cm³/mol. The Kier molecular flexibility index (Phi) is 3.94. The third kappa shape index (κ3) is 5.14. The van der Waals surface area contributed by atoms with Gasteiger partial charge < -0.3 is 10.1 Å². The first-order valence-corrected chi connectivity index (χ1v) is 5.80. The second-order valence-electron chi connectivity index (χ2n) is 5.49. The zero-order valence-corrected chi connectivity index (χ0v) is 10.5. The van der Waals surface area contributed by atoms with Crippen molar-refractivity contribution in [2.45, 2.75) is 58.6 Å². The van der Waals surface area contributed by atoms with Crippen LogP contribution in [-0.4, -0.2) is 23.5 Å². The molecule has 0 aromatic carbocycles. The number of Topliss-reactive ketones (excluding diaryl/α,β-unsaturated/α-hetero) is 1. The van der Waals surface area contributed by atoms with Crippen LogP contribution in [-0.2, 0) is 9.53 Å². The van der Waals surface area contributed by atoms with Crippen molar-refractivity contribution in [1.29, 1.82) is 0 Å². The summed E-state index contributed by atoms with van der Waals surface area (Å²) in [6.45, 7) is 7.26. The molecule has 4 nitrogen and oxygen atoms in total. The first-order valence-electron chi connectivity index (χ1n) is 5.80. The summed E-state index contributed by atoms with van der Waals surface area (Å²) in [6.07, 6.45) is 1.98. The van der Waals surface area contributed by atoms with Crippen molar-refractivity contribution in [2.75, 3.05) is 0 Å². The number of hydrogen-bond donors (Lipinski definition) is 1.